The zero-order valence-corrected chi connectivity index (χ0v) is 34.9. The molecule has 4 heteroatoms. The van der Waals surface area contributed by atoms with Gasteiger partial charge in [0.2, 0.25) is 0 Å². The number of hydrogen-bond donors (Lipinski definition) is 0. The van der Waals surface area contributed by atoms with Gasteiger partial charge < -0.3 is 0 Å². The lowest BCUT2D eigenvalue weighted by Gasteiger charge is -2.41. The van der Waals surface area contributed by atoms with Gasteiger partial charge in [-0.25, -0.2) is 9.97 Å². The van der Waals surface area contributed by atoms with Crippen LogP contribution in [0.2, 0.25) is 0 Å². The van der Waals surface area contributed by atoms with E-state index in [9.17, 15) is 0 Å². The molecule has 0 N–H and O–H groups in total. The number of hydrogen-bond acceptors (Lipinski definition) is 3. The highest BCUT2D eigenvalue weighted by Crippen LogP contribution is 2.54. The van der Waals surface area contributed by atoms with Crippen LogP contribution in [0.4, 0.5) is 17.2 Å². The summed E-state index contributed by atoms with van der Waals surface area (Å²) in [5.74, 6) is 1.76. The number of nitrogens with zero attached hydrogens (tertiary/aromatic N) is 4. The Balaban J connectivity index is 1.09. The molecule has 0 spiro atoms. The van der Waals surface area contributed by atoms with E-state index in [1.54, 1.807) is 0 Å². The van der Waals surface area contributed by atoms with Gasteiger partial charge in [-0.2, -0.15) is 0 Å². The van der Waals surface area contributed by atoms with Crippen molar-refractivity contribution in [2.75, 3.05) is 4.90 Å². The average molecular weight is 805 g/mol. The Kier molecular flexibility index (Phi) is 7.62. The molecule has 0 radical (unpaired) electrons. The fraction of sp³-hybridized carbons (Fsp3) is 0.0508. The summed E-state index contributed by atoms with van der Waals surface area (Å²) in [5.41, 5.74) is 13.2. The minimum absolute atomic E-state index is 0.303. The molecule has 0 fully saturated rings. The monoisotopic (exact) mass is 804 g/mol. The SMILES string of the molecule is CC1(C)c2ccccc2N(c2cc(-c3ccc4ccccc4c3)c3ccccc3n2)c2cc3c(cc21)c1ccccc1n3-c1cc(-c2ccc3ccccc3c2)c2ccccc2n1. The number of benzene rings is 9. The molecule has 63 heavy (non-hydrogen) atoms. The summed E-state index contributed by atoms with van der Waals surface area (Å²) in [6, 6.07) is 74.9. The third-order valence-electron chi connectivity index (χ3n) is 13.5. The summed E-state index contributed by atoms with van der Waals surface area (Å²) in [6.45, 7) is 4.73. The molecular weight excluding hydrogens is 765 g/mol. The van der Waals surface area contributed by atoms with Crippen LogP contribution in [0.5, 0.6) is 0 Å². The molecule has 0 atom stereocenters. The number of fused-ring (bicyclic) bond motifs is 9. The van der Waals surface area contributed by atoms with E-state index in [4.69, 9.17) is 9.97 Å². The first-order valence-electron chi connectivity index (χ1n) is 21.7. The highest BCUT2D eigenvalue weighted by Gasteiger charge is 2.38. The number of para-hydroxylation sites is 4. The molecule has 0 unspecified atom stereocenters. The zero-order chi connectivity index (χ0) is 41.8. The fourth-order valence-electron chi connectivity index (χ4n) is 10.4. The average Bonchev–Trinajstić information content (AvgIpc) is 3.66. The van der Waals surface area contributed by atoms with Crippen LogP contribution in [0.1, 0.15) is 25.0 Å². The maximum atomic E-state index is 5.50. The largest absolute Gasteiger partial charge is 0.294 e. The number of aromatic nitrogens is 3. The highest BCUT2D eigenvalue weighted by atomic mass is 15.2. The molecule has 0 bridgehead atoms. The fourth-order valence-corrected chi connectivity index (χ4v) is 10.4. The quantitative estimate of drug-likeness (QED) is 0.178. The Labute approximate surface area is 365 Å². The third-order valence-corrected chi connectivity index (χ3v) is 13.5. The predicted octanol–water partition coefficient (Wildman–Crippen LogP) is 15.6. The highest BCUT2D eigenvalue weighted by molar-refractivity contribution is 6.12. The van der Waals surface area contributed by atoms with Gasteiger partial charge in [-0.3, -0.25) is 9.47 Å². The van der Waals surface area contributed by atoms with Crippen molar-refractivity contribution < 1.29 is 0 Å². The maximum Gasteiger partial charge on any atom is 0.138 e. The minimum atomic E-state index is -0.303. The van der Waals surface area contributed by atoms with Crippen LogP contribution in [0.15, 0.2) is 206 Å². The van der Waals surface area contributed by atoms with E-state index >= 15 is 0 Å². The molecule has 12 aromatic rings. The lowest BCUT2D eigenvalue weighted by molar-refractivity contribution is 0.632. The lowest BCUT2D eigenvalue weighted by atomic mass is 9.73. The molecule has 0 aliphatic carbocycles. The van der Waals surface area contributed by atoms with Gasteiger partial charge in [0.1, 0.15) is 11.6 Å². The summed E-state index contributed by atoms with van der Waals surface area (Å²) in [7, 11) is 0. The normalized spacial score (nSPS) is 13.3. The Morgan fingerprint density at radius 2 is 0.889 bits per heavy atom. The van der Waals surface area contributed by atoms with Crippen LogP contribution in [0, 0.1) is 0 Å². The van der Waals surface area contributed by atoms with Gasteiger partial charge in [-0.05, 0) is 116 Å². The van der Waals surface area contributed by atoms with E-state index in [1.165, 1.54) is 54.6 Å². The molecule has 296 valence electrons. The molecule has 9 aromatic carbocycles. The zero-order valence-electron chi connectivity index (χ0n) is 34.9. The first-order valence-corrected chi connectivity index (χ1v) is 21.7. The number of anilines is 3. The summed E-state index contributed by atoms with van der Waals surface area (Å²) in [5, 5.41) is 9.54. The molecule has 4 heterocycles. The number of pyridine rings is 2. The van der Waals surface area contributed by atoms with Crippen molar-refractivity contribution in [2.45, 2.75) is 19.3 Å². The van der Waals surface area contributed by atoms with Gasteiger partial charge in [0.15, 0.2) is 0 Å². The minimum Gasteiger partial charge on any atom is -0.294 e. The van der Waals surface area contributed by atoms with E-state index in [1.807, 2.05) is 0 Å². The second-order valence-electron chi connectivity index (χ2n) is 17.4. The van der Waals surface area contributed by atoms with E-state index in [0.717, 1.165) is 67.0 Å². The van der Waals surface area contributed by atoms with Gasteiger partial charge in [0.05, 0.1) is 33.4 Å². The van der Waals surface area contributed by atoms with Gasteiger partial charge in [-0.15, -0.1) is 0 Å². The standard InChI is InChI=1S/C59H40N4/c1-59(2)49-22-10-14-26-54(49)63(58-35-47(44-20-8-12-24-52(44)61-58)42-30-28-38-16-4-6-18-40(38)32-42)56-36-55-48(33-50(56)59)45-21-9-13-25-53(45)62(55)57-34-46(43-19-7-11-23-51(43)60-57)41-29-27-37-15-3-5-17-39(37)31-41/h3-36H,1-2H3. The summed E-state index contributed by atoms with van der Waals surface area (Å²) >= 11 is 0. The van der Waals surface area contributed by atoms with E-state index in [0.29, 0.717) is 0 Å². The molecular formula is C59H40N4. The summed E-state index contributed by atoms with van der Waals surface area (Å²) < 4.78 is 2.38. The van der Waals surface area contributed by atoms with Crippen molar-refractivity contribution in [1.29, 1.82) is 0 Å². The van der Waals surface area contributed by atoms with Crippen LogP contribution in [-0.2, 0) is 5.41 Å². The topological polar surface area (TPSA) is 34.0 Å². The number of rotatable bonds is 4. The van der Waals surface area contributed by atoms with Gasteiger partial charge in [0.25, 0.3) is 0 Å². The molecule has 0 saturated carbocycles. The van der Waals surface area contributed by atoms with Crippen molar-refractivity contribution in [3.63, 3.8) is 0 Å². The van der Waals surface area contributed by atoms with Crippen molar-refractivity contribution >= 4 is 82.3 Å². The molecule has 13 rings (SSSR count). The maximum absolute atomic E-state index is 5.50. The van der Waals surface area contributed by atoms with Gasteiger partial charge in [0, 0.05) is 27.0 Å². The third kappa shape index (κ3) is 5.41. The van der Waals surface area contributed by atoms with Crippen LogP contribution in [0.3, 0.4) is 0 Å². The van der Waals surface area contributed by atoms with Gasteiger partial charge >= 0.3 is 0 Å². The van der Waals surface area contributed by atoms with Gasteiger partial charge in [-0.1, -0.05) is 159 Å². The van der Waals surface area contributed by atoms with E-state index in [-0.39, 0.29) is 5.41 Å². The Morgan fingerprint density at radius 3 is 1.56 bits per heavy atom. The van der Waals surface area contributed by atoms with Crippen LogP contribution in [-0.4, -0.2) is 14.5 Å². The second-order valence-corrected chi connectivity index (χ2v) is 17.4. The van der Waals surface area contributed by atoms with E-state index < -0.39 is 0 Å². The van der Waals surface area contributed by atoms with Crippen molar-refractivity contribution in [1.82, 2.24) is 14.5 Å². The molecule has 4 nitrogen and oxygen atoms in total. The van der Waals surface area contributed by atoms with Crippen LogP contribution >= 0.6 is 0 Å². The van der Waals surface area contributed by atoms with Crippen LogP contribution in [0.25, 0.3) is 93.2 Å². The van der Waals surface area contributed by atoms with E-state index in [2.05, 4.69) is 230 Å². The van der Waals surface area contributed by atoms with Crippen molar-refractivity contribution in [3.8, 4) is 28.1 Å². The first kappa shape index (κ1) is 35.7. The summed E-state index contributed by atoms with van der Waals surface area (Å²) in [6.07, 6.45) is 0. The summed E-state index contributed by atoms with van der Waals surface area (Å²) in [4.78, 5) is 13.4. The Morgan fingerprint density at radius 1 is 0.365 bits per heavy atom. The molecule has 3 aromatic heterocycles. The first-order chi connectivity index (χ1) is 31.0. The Hall–Kier alpha value is -8.08. The lowest BCUT2D eigenvalue weighted by Crippen LogP contribution is -2.31. The molecule has 1 aliphatic rings. The second kappa shape index (κ2) is 13.5. The smallest absolute Gasteiger partial charge is 0.138 e. The predicted molar refractivity (Wildman–Crippen MR) is 264 cm³/mol. The van der Waals surface area contributed by atoms with Crippen molar-refractivity contribution in [3.05, 3.63) is 217 Å². The van der Waals surface area contributed by atoms with Crippen LogP contribution < -0.4 is 4.90 Å². The molecule has 0 saturated heterocycles. The van der Waals surface area contributed by atoms with Crippen molar-refractivity contribution in [2.24, 2.45) is 0 Å². The molecule has 1 aliphatic heterocycles. The molecule has 0 amide bonds. The Bertz CT molecular complexity index is 3860.